The van der Waals surface area contributed by atoms with Gasteiger partial charge in [0.15, 0.2) is 0 Å². The predicted octanol–water partition coefficient (Wildman–Crippen LogP) is 3.53. The molecule has 1 aromatic heterocycles. The van der Waals surface area contributed by atoms with E-state index in [1.165, 1.54) is 15.9 Å². The summed E-state index contributed by atoms with van der Waals surface area (Å²) in [6, 6.07) is 15.7. The lowest BCUT2D eigenvalue weighted by molar-refractivity contribution is -0.133. The van der Waals surface area contributed by atoms with Crippen LogP contribution in [0.1, 0.15) is 30.0 Å². The second-order valence-electron chi connectivity index (χ2n) is 6.77. The molecular formula is C20H20ClN5O. The number of halogens is 1. The van der Waals surface area contributed by atoms with Crippen molar-refractivity contribution in [3.63, 3.8) is 0 Å². The molecule has 0 saturated heterocycles. The third kappa shape index (κ3) is 3.71. The van der Waals surface area contributed by atoms with Crippen LogP contribution in [0.3, 0.4) is 0 Å². The minimum absolute atomic E-state index is 0.0354. The van der Waals surface area contributed by atoms with E-state index in [2.05, 4.69) is 33.6 Å². The number of aromatic nitrogens is 4. The first-order valence-electron chi connectivity index (χ1n) is 8.99. The van der Waals surface area contributed by atoms with E-state index in [0.717, 1.165) is 24.8 Å². The van der Waals surface area contributed by atoms with Crippen molar-refractivity contribution in [2.75, 3.05) is 7.05 Å². The van der Waals surface area contributed by atoms with Gasteiger partial charge >= 0.3 is 0 Å². The first-order chi connectivity index (χ1) is 13.1. The summed E-state index contributed by atoms with van der Waals surface area (Å²) in [5, 5.41) is 13.0. The number of hydrogen-bond acceptors (Lipinski definition) is 4. The molecule has 0 aliphatic heterocycles. The molecule has 27 heavy (non-hydrogen) atoms. The van der Waals surface area contributed by atoms with Crippen molar-refractivity contribution in [3.8, 4) is 11.4 Å². The first-order valence-corrected chi connectivity index (χ1v) is 9.37. The highest BCUT2D eigenvalue weighted by Crippen LogP contribution is 2.33. The summed E-state index contributed by atoms with van der Waals surface area (Å²) < 4.78 is 0. The molecule has 0 spiro atoms. The van der Waals surface area contributed by atoms with Gasteiger partial charge in [-0.05, 0) is 47.7 Å². The van der Waals surface area contributed by atoms with Gasteiger partial charge in [0.2, 0.25) is 11.7 Å². The molecule has 7 heteroatoms. The summed E-state index contributed by atoms with van der Waals surface area (Å²) in [4.78, 5) is 15.9. The monoisotopic (exact) mass is 381 g/mol. The number of carbonyl (C=O) groups excluding carboxylic acids is 1. The Bertz CT molecular complexity index is 970. The van der Waals surface area contributed by atoms with Crippen LogP contribution in [0.5, 0.6) is 0 Å². The fraction of sp³-hybridized carbons (Fsp3) is 0.300. The summed E-state index contributed by atoms with van der Waals surface area (Å²) in [5.74, 6) is 0.419. The van der Waals surface area contributed by atoms with Gasteiger partial charge in [-0.2, -0.15) is 4.80 Å². The molecule has 3 aromatic rings. The fourth-order valence-corrected chi connectivity index (χ4v) is 3.78. The standard InChI is InChI=1S/C20H20ClN5O/c1-25(18-11-5-7-14-6-2-3-10-17(14)18)19(27)13-26-23-20(22-24-26)15-8-4-9-16(21)12-15/h2-4,6,8-10,12,18H,5,7,11,13H2,1H3/t18-/m0/s1. The zero-order valence-corrected chi connectivity index (χ0v) is 15.8. The maximum atomic E-state index is 12.8. The van der Waals surface area contributed by atoms with Crippen LogP contribution in [-0.2, 0) is 17.8 Å². The Labute approximate surface area is 162 Å². The number of likely N-dealkylation sites (N-methyl/N-ethyl adjacent to an activating group) is 1. The molecule has 0 saturated carbocycles. The van der Waals surface area contributed by atoms with Gasteiger partial charge < -0.3 is 4.90 Å². The second kappa shape index (κ2) is 7.48. The van der Waals surface area contributed by atoms with E-state index in [1.54, 1.807) is 17.0 Å². The van der Waals surface area contributed by atoms with Crippen LogP contribution in [-0.4, -0.2) is 38.1 Å². The van der Waals surface area contributed by atoms with Crippen molar-refractivity contribution in [2.45, 2.75) is 31.8 Å². The summed E-state index contributed by atoms with van der Waals surface area (Å²) in [5.41, 5.74) is 3.34. The van der Waals surface area contributed by atoms with E-state index in [0.29, 0.717) is 10.8 Å². The molecule has 138 valence electrons. The number of rotatable bonds is 4. The lowest BCUT2D eigenvalue weighted by Crippen LogP contribution is -2.36. The minimum atomic E-state index is -0.0354. The number of amides is 1. The van der Waals surface area contributed by atoms with E-state index in [-0.39, 0.29) is 18.5 Å². The Hall–Kier alpha value is -2.73. The van der Waals surface area contributed by atoms with Crippen molar-refractivity contribution >= 4 is 17.5 Å². The molecule has 0 bridgehead atoms. The summed E-state index contributed by atoms with van der Waals surface area (Å²) in [6.07, 6.45) is 3.12. The number of tetrazole rings is 1. The van der Waals surface area contributed by atoms with Crippen molar-refractivity contribution < 1.29 is 4.79 Å². The van der Waals surface area contributed by atoms with Crippen LogP contribution in [0.15, 0.2) is 48.5 Å². The maximum Gasteiger partial charge on any atom is 0.246 e. The van der Waals surface area contributed by atoms with Crippen molar-refractivity contribution in [2.24, 2.45) is 0 Å². The molecule has 6 nitrogen and oxygen atoms in total. The SMILES string of the molecule is CN(C(=O)Cn1nnc(-c2cccc(Cl)c2)n1)[C@H]1CCCc2ccccc21. The smallest absolute Gasteiger partial charge is 0.246 e. The number of fused-ring (bicyclic) bond motifs is 1. The Morgan fingerprint density at radius 1 is 1.26 bits per heavy atom. The minimum Gasteiger partial charge on any atom is -0.337 e. The van der Waals surface area contributed by atoms with E-state index in [9.17, 15) is 4.79 Å². The lowest BCUT2D eigenvalue weighted by Gasteiger charge is -2.33. The molecule has 0 unspecified atom stereocenters. The van der Waals surface area contributed by atoms with E-state index >= 15 is 0 Å². The van der Waals surface area contributed by atoms with Crippen LogP contribution in [0.25, 0.3) is 11.4 Å². The molecule has 1 amide bonds. The number of hydrogen-bond donors (Lipinski definition) is 0. The van der Waals surface area contributed by atoms with Crippen LogP contribution >= 0.6 is 11.6 Å². The molecular weight excluding hydrogens is 362 g/mol. The van der Waals surface area contributed by atoms with Gasteiger partial charge in [-0.1, -0.05) is 48.0 Å². The molecule has 0 radical (unpaired) electrons. The van der Waals surface area contributed by atoms with Gasteiger partial charge in [0, 0.05) is 17.6 Å². The summed E-state index contributed by atoms with van der Waals surface area (Å²) >= 11 is 6.01. The lowest BCUT2D eigenvalue weighted by atomic mass is 9.87. The normalized spacial score (nSPS) is 16.0. The van der Waals surface area contributed by atoms with Crippen LogP contribution in [0, 0.1) is 0 Å². The first kappa shape index (κ1) is 17.7. The topological polar surface area (TPSA) is 63.9 Å². The van der Waals surface area contributed by atoms with Gasteiger partial charge in [0.1, 0.15) is 6.54 Å². The zero-order valence-electron chi connectivity index (χ0n) is 15.0. The highest BCUT2D eigenvalue weighted by atomic mass is 35.5. The van der Waals surface area contributed by atoms with Crippen LogP contribution < -0.4 is 0 Å². The van der Waals surface area contributed by atoms with Crippen LogP contribution in [0.4, 0.5) is 0 Å². The molecule has 0 fully saturated rings. The van der Waals surface area contributed by atoms with Gasteiger partial charge in [0.05, 0.1) is 6.04 Å². The third-order valence-electron chi connectivity index (χ3n) is 5.01. The van der Waals surface area contributed by atoms with E-state index < -0.39 is 0 Å². The Balaban J connectivity index is 1.48. The summed E-state index contributed by atoms with van der Waals surface area (Å²) in [7, 11) is 1.85. The molecule has 1 aliphatic rings. The molecule has 1 aliphatic carbocycles. The zero-order chi connectivity index (χ0) is 18.8. The van der Waals surface area contributed by atoms with Gasteiger partial charge in [-0.3, -0.25) is 4.79 Å². The summed E-state index contributed by atoms with van der Waals surface area (Å²) in [6.45, 7) is 0.0583. The predicted molar refractivity (Wildman–Crippen MR) is 103 cm³/mol. The van der Waals surface area contributed by atoms with E-state index in [1.807, 2.05) is 25.2 Å². The molecule has 0 N–H and O–H groups in total. The largest absolute Gasteiger partial charge is 0.337 e. The number of benzene rings is 2. The van der Waals surface area contributed by atoms with Gasteiger partial charge in [-0.25, -0.2) is 0 Å². The van der Waals surface area contributed by atoms with Gasteiger partial charge in [-0.15, -0.1) is 10.2 Å². The van der Waals surface area contributed by atoms with Gasteiger partial charge in [0.25, 0.3) is 0 Å². The Morgan fingerprint density at radius 3 is 2.96 bits per heavy atom. The van der Waals surface area contributed by atoms with Crippen LogP contribution in [0.2, 0.25) is 5.02 Å². The van der Waals surface area contributed by atoms with Crippen molar-refractivity contribution in [1.29, 1.82) is 0 Å². The third-order valence-corrected chi connectivity index (χ3v) is 5.25. The Kier molecular flexibility index (Phi) is 4.90. The molecule has 1 atom stereocenters. The molecule has 1 heterocycles. The quantitative estimate of drug-likeness (QED) is 0.693. The van der Waals surface area contributed by atoms with Crippen molar-refractivity contribution in [1.82, 2.24) is 25.1 Å². The number of nitrogens with zero attached hydrogens (tertiary/aromatic N) is 5. The highest BCUT2D eigenvalue weighted by Gasteiger charge is 2.26. The molecule has 2 aromatic carbocycles. The highest BCUT2D eigenvalue weighted by molar-refractivity contribution is 6.30. The maximum absolute atomic E-state index is 12.8. The average Bonchev–Trinajstić information content (AvgIpc) is 3.15. The number of aryl methyl sites for hydroxylation is 1. The van der Waals surface area contributed by atoms with E-state index in [4.69, 9.17) is 11.6 Å². The number of carbonyl (C=O) groups is 1. The average molecular weight is 382 g/mol. The Morgan fingerprint density at radius 2 is 2.11 bits per heavy atom. The second-order valence-corrected chi connectivity index (χ2v) is 7.20. The van der Waals surface area contributed by atoms with Crippen molar-refractivity contribution in [3.05, 3.63) is 64.7 Å². The molecule has 4 rings (SSSR count). The fourth-order valence-electron chi connectivity index (χ4n) is 3.59.